The molecule has 0 aliphatic carbocycles. The summed E-state index contributed by atoms with van der Waals surface area (Å²) in [5, 5.41) is 10.1. The third-order valence-corrected chi connectivity index (χ3v) is 5.27. The zero-order valence-electron chi connectivity index (χ0n) is 16.5. The number of hydrogen-bond donors (Lipinski definition) is 1. The number of benzene rings is 3. The number of rotatable bonds is 5. The molecule has 0 saturated heterocycles. The maximum atomic E-state index is 11.0. The first-order chi connectivity index (χ1) is 14.0. The summed E-state index contributed by atoms with van der Waals surface area (Å²) >= 11 is 0. The lowest BCUT2D eigenvalue weighted by Gasteiger charge is -2.22. The van der Waals surface area contributed by atoms with Gasteiger partial charge in [-0.2, -0.15) is 0 Å². The number of hydrogen-bond acceptors (Lipinski definition) is 1. The first kappa shape index (κ1) is 18.8. The monoisotopic (exact) mass is 381 g/mol. The Hall–Kier alpha value is -3.59. The van der Waals surface area contributed by atoms with Gasteiger partial charge in [-0.3, -0.25) is 0 Å². The van der Waals surface area contributed by atoms with Gasteiger partial charge in [0.05, 0.1) is 6.04 Å². The molecular weight excluding hydrogens is 358 g/mol. The highest BCUT2D eigenvalue weighted by Crippen LogP contribution is 2.32. The topological polar surface area (TPSA) is 42.2 Å². The van der Waals surface area contributed by atoms with Gasteiger partial charge in [-0.05, 0) is 54.3 Å². The summed E-state index contributed by atoms with van der Waals surface area (Å²) in [6.45, 7) is 3.94. The van der Waals surface area contributed by atoms with Crippen LogP contribution in [0.1, 0.15) is 35.2 Å². The third kappa shape index (κ3) is 3.85. The number of aliphatic carboxylic acids is 1. The van der Waals surface area contributed by atoms with Crippen molar-refractivity contribution in [3.63, 3.8) is 0 Å². The van der Waals surface area contributed by atoms with Crippen LogP contribution in [0.2, 0.25) is 0 Å². The van der Waals surface area contributed by atoms with E-state index in [1.165, 1.54) is 22.8 Å². The van der Waals surface area contributed by atoms with Crippen LogP contribution in [0.4, 0.5) is 0 Å². The van der Waals surface area contributed by atoms with Gasteiger partial charge in [-0.15, -0.1) is 0 Å². The van der Waals surface area contributed by atoms with E-state index in [0.717, 1.165) is 22.0 Å². The van der Waals surface area contributed by atoms with Crippen molar-refractivity contribution in [2.24, 2.45) is 0 Å². The van der Waals surface area contributed by atoms with Crippen molar-refractivity contribution in [1.29, 1.82) is 0 Å². The van der Waals surface area contributed by atoms with Gasteiger partial charge >= 0.3 is 5.97 Å². The molecule has 0 spiro atoms. The summed E-state index contributed by atoms with van der Waals surface area (Å²) in [5.41, 5.74) is 6.47. The third-order valence-electron chi connectivity index (χ3n) is 5.27. The number of nitrogens with zero attached hydrogens (tertiary/aromatic N) is 1. The lowest BCUT2D eigenvalue weighted by atomic mass is 9.97. The summed E-state index contributed by atoms with van der Waals surface area (Å²) < 4.78 is 2.29. The van der Waals surface area contributed by atoms with E-state index in [9.17, 15) is 4.79 Å². The van der Waals surface area contributed by atoms with Crippen LogP contribution in [0, 0.1) is 6.92 Å². The van der Waals surface area contributed by atoms with Crippen LogP contribution in [-0.4, -0.2) is 15.6 Å². The Labute approximate surface area is 170 Å². The Kier molecular flexibility index (Phi) is 5.05. The smallest absolute Gasteiger partial charge is 0.328 e. The summed E-state index contributed by atoms with van der Waals surface area (Å²) in [5.74, 6) is -0.927. The first-order valence-electron chi connectivity index (χ1n) is 9.66. The van der Waals surface area contributed by atoms with Gasteiger partial charge in [0, 0.05) is 23.2 Å². The predicted molar refractivity (Wildman–Crippen MR) is 118 cm³/mol. The highest BCUT2D eigenvalue weighted by molar-refractivity contribution is 5.92. The Morgan fingerprint density at radius 3 is 2.41 bits per heavy atom. The quantitative estimate of drug-likeness (QED) is 0.426. The maximum absolute atomic E-state index is 11.0. The van der Waals surface area contributed by atoms with Gasteiger partial charge < -0.3 is 9.67 Å². The van der Waals surface area contributed by atoms with Crippen LogP contribution in [0.15, 0.2) is 91.1 Å². The second-order valence-corrected chi connectivity index (χ2v) is 7.39. The Morgan fingerprint density at radius 2 is 1.69 bits per heavy atom. The van der Waals surface area contributed by atoms with Crippen LogP contribution < -0.4 is 0 Å². The number of carbonyl (C=O) groups is 1. The van der Waals surface area contributed by atoms with Gasteiger partial charge in [0.1, 0.15) is 0 Å². The average molecular weight is 381 g/mol. The Balaban J connectivity index is 1.86. The molecule has 3 aromatic carbocycles. The Bertz CT molecular complexity index is 1200. The van der Waals surface area contributed by atoms with Gasteiger partial charge in [0.15, 0.2) is 0 Å². The molecule has 0 aliphatic heterocycles. The summed E-state index contributed by atoms with van der Waals surface area (Å²) in [6.07, 6.45) is 3.36. The predicted octanol–water partition coefficient (Wildman–Crippen LogP) is 6.08. The minimum atomic E-state index is -0.927. The average Bonchev–Trinajstić information content (AvgIpc) is 3.12. The number of fused-ring (bicyclic) bond motifs is 1. The first-order valence-corrected chi connectivity index (χ1v) is 9.66. The summed E-state index contributed by atoms with van der Waals surface area (Å²) in [6, 6.07) is 27.4. The molecule has 0 amide bonds. The summed E-state index contributed by atoms with van der Waals surface area (Å²) in [7, 11) is 0. The molecule has 0 radical (unpaired) electrons. The maximum Gasteiger partial charge on any atom is 0.328 e. The van der Waals surface area contributed by atoms with Crippen LogP contribution in [0.25, 0.3) is 16.5 Å². The molecule has 3 nitrogen and oxygen atoms in total. The van der Waals surface area contributed by atoms with E-state index in [2.05, 4.69) is 84.4 Å². The molecule has 0 saturated carbocycles. The van der Waals surface area contributed by atoms with Crippen LogP contribution >= 0.6 is 0 Å². The molecule has 0 bridgehead atoms. The molecule has 1 unspecified atom stereocenters. The molecule has 1 aromatic heterocycles. The van der Waals surface area contributed by atoms with Crippen LogP contribution in [0.5, 0.6) is 0 Å². The van der Waals surface area contributed by atoms with Crippen molar-refractivity contribution in [3.8, 4) is 0 Å². The molecule has 1 atom stereocenters. The number of carboxylic acid groups (broad SMARTS) is 1. The van der Waals surface area contributed by atoms with Gasteiger partial charge in [0.25, 0.3) is 0 Å². The van der Waals surface area contributed by atoms with Gasteiger partial charge in [0.2, 0.25) is 0 Å². The molecule has 0 aliphatic rings. The molecule has 3 heteroatoms. The van der Waals surface area contributed by atoms with Crippen molar-refractivity contribution < 1.29 is 9.90 Å². The molecule has 1 N–H and O–H groups in total. The molecule has 0 fully saturated rings. The van der Waals surface area contributed by atoms with E-state index in [-0.39, 0.29) is 6.04 Å². The SMILES string of the molecule is CC(=CC(=O)O)c1ccc2c(ccn2C(c2ccccc2)c2cccc(C)c2)c1. The summed E-state index contributed by atoms with van der Waals surface area (Å²) in [4.78, 5) is 11.0. The van der Waals surface area contributed by atoms with Gasteiger partial charge in [-0.25, -0.2) is 4.79 Å². The highest BCUT2D eigenvalue weighted by atomic mass is 16.4. The van der Waals surface area contributed by atoms with E-state index >= 15 is 0 Å². The van der Waals surface area contributed by atoms with E-state index in [1.54, 1.807) is 0 Å². The van der Waals surface area contributed by atoms with E-state index in [4.69, 9.17) is 5.11 Å². The van der Waals surface area contributed by atoms with Crippen LogP contribution in [-0.2, 0) is 4.79 Å². The lowest BCUT2D eigenvalue weighted by Crippen LogP contribution is -2.11. The van der Waals surface area contributed by atoms with E-state index < -0.39 is 5.97 Å². The lowest BCUT2D eigenvalue weighted by molar-refractivity contribution is -0.131. The van der Waals surface area contributed by atoms with E-state index in [0.29, 0.717) is 0 Å². The fourth-order valence-corrected chi connectivity index (χ4v) is 3.89. The molecule has 4 aromatic rings. The minimum Gasteiger partial charge on any atom is -0.478 e. The largest absolute Gasteiger partial charge is 0.478 e. The second kappa shape index (κ2) is 7.80. The van der Waals surface area contributed by atoms with Gasteiger partial charge in [-0.1, -0.05) is 66.2 Å². The second-order valence-electron chi connectivity index (χ2n) is 7.39. The molecular formula is C26H23NO2. The molecule has 1 heterocycles. The number of allylic oxidation sites excluding steroid dienone is 1. The zero-order valence-corrected chi connectivity index (χ0v) is 16.5. The standard InChI is InChI=1S/C26H23NO2/c1-18-7-6-10-23(15-18)26(20-8-4-3-5-9-20)27-14-13-22-17-21(11-12-24(22)27)19(2)16-25(28)29/h3-17,26H,1-2H3,(H,28,29). The van der Waals surface area contributed by atoms with Crippen LogP contribution in [0.3, 0.4) is 0 Å². The number of carboxylic acids is 1. The highest BCUT2D eigenvalue weighted by Gasteiger charge is 2.18. The normalized spacial score (nSPS) is 12.8. The van der Waals surface area contributed by atoms with Crippen molar-refractivity contribution in [1.82, 2.24) is 4.57 Å². The van der Waals surface area contributed by atoms with Crippen molar-refractivity contribution in [3.05, 3.63) is 113 Å². The van der Waals surface area contributed by atoms with Crippen molar-refractivity contribution in [2.75, 3.05) is 0 Å². The fourth-order valence-electron chi connectivity index (χ4n) is 3.89. The molecule has 4 rings (SSSR count). The van der Waals surface area contributed by atoms with E-state index in [1.807, 2.05) is 19.1 Å². The van der Waals surface area contributed by atoms with Crippen molar-refractivity contribution in [2.45, 2.75) is 19.9 Å². The minimum absolute atomic E-state index is 0.0649. The zero-order chi connectivity index (χ0) is 20.4. The Morgan fingerprint density at radius 1 is 0.931 bits per heavy atom. The number of aryl methyl sites for hydroxylation is 1. The number of aromatic nitrogens is 1. The molecule has 29 heavy (non-hydrogen) atoms. The fraction of sp³-hybridized carbons (Fsp3) is 0.115. The molecule has 144 valence electrons. The van der Waals surface area contributed by atoms with Crippen molar-refractivity contribution >= 4 is 22.4 Å².